The summed E-state index contributed by atoms with van der Waals surface area (Å²) >= 11 is 5.18. The zero-order valence-corrected chi connectivity index (χ0v) is 17.7. The number of aliphatic hydroxyl groups excluding tert-OH is 1. The van der Waals surface area contributed by atoms with E-state index < -0.39 is 28.7 Å². The molecule has 166 valence electrons. The number of thiocarbonyl (C=S) groups is 1. The van der Waals surface area contributed by atoms with Gasteiger partial charge in [0.15, 0.2) is 0 Å². The summed E-state index contributed by atoms with van der Waals surface area (Å²) in [5, 5.41) is 20.4. The molecule has 0 saturated heterocycles. The molecule has 0 aromatic heterocycles. The number of nitrogens with one attached hydrogen (secondary N) is 1. The maximum absolute atomic E-state index is 13.3. The number of carbonyl (C=O) groups excluding carboxylic acids is 1. The minimum atomic E-state index is -4.72. The molecule has 0 unspecified atom stereocenters. The Kier molecular flexibility index (Phi) is 6.96. The number of alkyl halides is 3. The van der Waals surface area contributed by atoms with Gasteiger partial charge in [-0.1, -0.05) is 36.5 Å². The Hall–Kier alpha value is -3.22. The lowest BCUT2D eigenvalue weighted by Crippen LogP contribution is -2.61. The molecule has 32 heavy (non-hydrogen) atoms. The van der Waals surface area contributed by atoms with Gasteiger partial charge in [0.25, 0.3) is 5.91 Å². The second-order valence-electron chi connectivity index (χ2n) is 7.36. The largest absolute Gasteiger partial charge is 0.417 e. The zero-order valence-electron chi connectivity index (χ0n) is 16.9. The van der Waals surface area contributed by atoms with Gasteiger partial charge in [-0.3, -0.25) is 4.79 Å². The maximum Gasteiger partial charge on any atom is 0.417 e. The summed E-state index contributed by atoms with van der Waals surface area (Å²) in [4.78, 5) is 14.9. The molecule has 1 saturated carbocycles. The average Bonchev–Trinajstić information content (AvgIpc) is 2.74. The molecule has 0 heterocycles. The fourth-order valence-electron chi connectivity index (χ4n) is 3.63. The van der Waals surface area contributed by atoms with Crippen molar-refractivity contribution in [3.63, 3.8) is 0 Å². The summed E-state index contributed by atoms with van der Waals surface area (Å²) in [6.07, 6.45) is 0.374. The fourth-order valence-corrected chi connectivity index (χ4v) is 3.96. The normalized spacial score (nSPS) is 15.0. The highest BCUT2D eigenvalue weighted by molar-refractivity contribution is 7.79. The van der Waals surface area contributed by atoms with Gasteiger partial charge in [0, 0.05) is 11.4 Å². The molecule has 0 spiro atoms. The van der Waals surface area contributed by atoms with Crippen LogP contribution in [-0.2, 0) is 11.0 Å². The summed E-state index contributed by atoms with van der Waals surface area (Å²) in [5.74, 6) is -0.466. The van der Waals surface area contributed by atoms with Crippen LogP contribution < -0.4 is 10.2 Å². The first-order chi connectivity index (χ1) is 15.2. The summed E-state index contributed by atoms with van der Waals surface area (Å²) < 4.78 is 39.8. The number of nitrogens with zero attached hydrogens (tertiary/aromatic N) is 2. The first-order valence-electron chi connectivity index (χ1n) is 9.80. The summed E-state index contributed by atoms with van der Waals surface area (Å²) in [7, 11) is 0. The number of aliphatic hydroxyl groups is 1. The molecule has 0 radical (unpaired) electrons. The van der Waals surface area contributed by atoms with E-state index in [0.29, 0.717) is 18.5 Å². The van der Waals surface area contributed by atoms with Crippen molar-refractivity contribution in [2.75, 3.05) is 16.8 Å². The van der Waals surface area contributed by atoms with Crippen molar-refractivity contribution >= 4 is 41.1 Å². The molecule has 1 fully saturated rings. The third-order valence-electron chi connectivity index (χ3n) is 5.46. The Labute approximate surface area is 188 Å². The number of hydrogen-bond donors (Lipinski definition) is 2. The first-order valence-corrected chi connectivity index (χ1v) is 10.3. The highest BCUT2D eigenvalue weighted by Gasteiger charge is 2.49. The van der Waals surface area contributed by atoms with E-state index in [1.807, 2.05) is 12.1 Å². The van der Waals surface area contributed by atoms with E-state index >= 15 is 0 Å². The summed E-state index contributed by atoms with van der Waals surface area (Å²) in [6.45, 7) is -0.0809. The SMILES string of the molecule is N#Cc1ccc(NC(=O)C2(N(C=S)c3ccc(/C=C/CO)cc3)CCC2)cc1C(F)(F)F. The summed E-state index contributed by atoms with van der Waals surface area (Å²) in [6, 6.07) is 11.8. The van der Waals surface area contributed by atoms with Crippen molar-refractivity contribution < 1.29 is 23.1 Å². The first kappa shape index (κ1) is 23.4. The molecule has 1 aliphatic rings. The smallest absolute Gasteiger partial charge is 0.392 e. The van der Waals surface area contributed by atoms with E-state index in [0.717, 1.165) is 24.1 Å². The Morgan fingerprint density at radius 1 is 1.25 bits per heavy atom. The van der Waals surface area contributed by atoms with E-state index in [2.05, 4.69) is 5.32 Å². The highest BCUT2D eigenvalue weighted by Crippen LogP contribution is 2.41. The number of anilines is 2. The van der Waals surface area contributed by atoms with Crippen LogP contribution >= 0.6 is 12.2 Å². The maximum atomic E-state index is 13.3. The van der Waals surface area contributed by atoms with E-state index in [1.54, 1.807) is 29.2 Å². The molecule has 2 aromatic carbocycles. The predicted molar refractivity (Wildman–Crippen MR) is 120 cm³/mol. The van der Waals surface area contributed by atoms with Gasteiger partial charge in [0.05, 0.1) is 29.3 Å². The Morgan fingerprint density at radius 3 is 2.44 bits per heavy atom. The van der Waals surface area contributed by atoms with Gasteiger partial charge in [-0.05, 0) is 55.2 Å². The molecule has 0 bridgehead atoms. The molecule has 9 heteroatoms. The number of halogens is 3. The van der Waals surface area contributed by atoms with Crippen LogP contribution in [0.3, 0.4) is 0 Å². The quantitative estimate of drug-likeness (QED) is 0.576. The lowest BCUT2D eigenvalue weighted by atomic mass is 9.74. The number of amides is 1. The van der Waals surface area contributed by atoms with Crippen LogP contribution in [0.1, 0.15) is 36.0 Å². The predicted octanol–water partition coefficient (Wildman–Crippen LogP) is 4.91. The molecule has 1 aliphatic carbocycles. The third-order valence-corrected chi connectivity index (χ3v) is 5.67. The monoisotopic (exact) mass is 459 g/mol. The van der Waals surface area contributed by atoms with Crippen LogP contribution in [0.15, 0.2) is 48.5 Å². The molecular formula is C23H20F3N3O2S. The van der Waals surface area contributed by atoms with Crippen LogP contribution in [-0.4, -0.2) is 28.7 Å². The number of hydrogen-bond acceptors (Lipinski definition) is 4. The van der Waals surface area contributed by atoms with Gasteiger partial charge in [-0.15, -0.1) is 0 Å². The van der Waals surface area contributed by atoms with Gasteiger partial charge in [0.2, 0.25) is 0 Å². The summed E-state index contributed by atoms with van der Waals surface area (Å²) in [5.41, 5.74) is 0.237. The van der Waals surface area contributed by atoms with Gasteiger partial charge < -0.3 is 15.3 Å². The average molecular weight is 459 g/mol. The van der Waals surface area contributed by atoms with Crippen LogP contribution in [0.25, 0.3) is 6.08 Å². The van der Waals surface area contributed by atoms with E-state index in [9.17, 15) is 18.0 Å². The molecule has 0 aliphatic heterocycles. The molecule has 3 rings (SSSR count). The lowest BCUT2D eigenvalue weighted by molar-refractivity contribution is -0.137. The van der Waals surface area contributed by atoms with Crippen LogP contribution in [0.5, 0.6) is 0 Å². The van der Waals surface area contributed by atoms with Crippen LogP contribution in [0, 0.1) is 11.3 Å². The highest BCUT2D eigenvalue weighted by atomic mass is 32.1. The van der Waals surface area contributed by atoms with Gasteiger partial charge in [-0.25, -0.2) is 0 Å². The van der Waals surface area contributed by atoms with Crippen LogP contribution in [0.2, 0.25) is 0 Å². The standard InChI is InChI=1S/C23H20F3N3O2S/c24-23(25,26)20-13-18(7-6-17(20)14-27)28-21(31)22(10-2-11-22)29(15-32)19-8-4-16(5-9-19)3-1-12-30/h1,3-9,13,15,30H,2,10-12H2,(H,28,31)/b3-1+. The number of benzene rings is 2. The van der Waals surface area contributed by atoms with Gasteiger partial charge >= 0.3 is 6.18 Å². The van der Waals surface area contributed by atoms with Crippen LogP contribution in [0.4, 0.5) is 24.5 Å². The van der Waals surface area contributed by atoms with Crippen molar-refractivity contribution in [1.82, 2.24) is 0 Å². The molecule has 0 atom stereocenters. The lowest BCUT2D eigenvalue weighted by Gasteiger charge is -2.47. The molecule has 2 N–H and O–H groups in total. The van der Waals surface area contributed by atoms with E-state index in [4.69, 9.17) is 22.6 Å². The second-order valence-corrected chi connectivity index (χ2v) is 7.57. The van der Waals surface area contributed by atoms with Crippen molar-refractivity contribution in [1.29, 1.82) is 5.26 Å². The van der Waals surface area contributed by atoms with Crippen molar-refractivity contribution in [3.8, 4) is 6.07 Å². The number of nitriles is 1. The molecule has 5 nitrogen and oxygen atoms in total. The van der Waals surface area contributed by atoms with E-state index in [-0.39, 0.29) is 12.3 Å². The van der Waals surface area contributed by atoms with Crippen molar-refractivity contribution in [2.24, 2.45) is 0 Å². The van der Waals surface area contributed by atoms with Gasteiger partial charge in [-0.2, -0.15) is 18.4 Å². The zero-order chi connectivity index (χ0) is 23.4. The minimum Gasteiger partial charge on any atom is -0.392 e. The van der Waals surface area contributed by atoms with E-state index in [1.165, 1.54) is 17.6 Å². The minimum absolute atomic E-state index is 0.0404. The molecular weight excluding hydrogens is 439 g/mol. The Morgan fingerprint density at radius 2 is 1.94 bits per heavy atom. The molecule has 1 amide bonds. The fraction of sp³-hybridized carbons (Fsp3) is 0.261. The van der Waals surface area contributed by atoms with Crippen molar-refractivity contribution in [3.05, 3.63) is 65.2 Å². The third kappa shape index (κ3) is 4.66. The van der Waals surface area contributed by atoms with Crippen molar-refractivity contribution in [2.45, 2.75) is 31.0 Å². The topological polar surface area (TPSA) is 76.4 Å². The molecule has 2 aromatic rings. The Bertz CT molecular complexity index is 1070. The number of carbonyl (C=O) groups is 1. The van der Waals surface area contributed by atoms with Gasteiger partial charge in [0.1, 0.15) is 5.54 Å². The Balaban J connectivity index is 1.88. The number of rotatable bonds is 7. The second kappa shape index (κ2) is 9.51.